The van der Waals surface area contributed by atoms with Gasteiger partial charge in [0.15, 0.2) is 6.29 Å². The molecule has 0 unspecified atom stereocenters. The molecule has 0 radical (unpaired) electrons. The molecule has 0 spiro atoms. The number of rotatable bonds is 6. The van der Waals surface area contributed by atoms with Crippen LogP contribution in [-0.2, 0) is 4.74 Å². The first-order chi connectivity index (χ1) is 6.36. The van der Waals surface area contributed by atoms with Crippen LogP contribution in [0.2, 0.25) is 0 Å². The number of aldehydes is 1. The van der Waals surface area contributed by atoms with E-state index in [0.29, 0.717) is 24.7 Å². The van der Waals surface area contributed by atoms with E-state index in [1.54, 1.807) is 6.07 Å². The molecule has 0 atom stereocenters. The lowest BCUT2D eigenvalue weighted by atomic mass is 10.5. The molecule has 0 fully saturated rings. The minimum absolute atomic E-state index is 0.531. The van der Waals surface area contributed by atoms with Gasteiger partial charge >= 0.3 is 0 Å². The van der Waals surface area contributed by atoms with Crippen molar-refractivity contribution in [3.8, 4) is 5.75 Å². The molecule has 0 aromatic carbocycles. The van der Waals surface area contributed by atoms with E-state index in [1.165, 1.54) is 11.3 Å². The first-order valence-corrected chi connectivity index (χ1v) is 4.99. The highest BCUT2D eigenvalue weighted by molar-refractivity contribution is 7.11. The van der Waals surface area contributed by atoms with Crippen LogP contribution in [0.1, 0.15) is 16.6 Å². The van der Waals surface area contributed by atoms with E-state index in [0.717, 1.165) is 12.0 Å². The van der Waals surface area contributed by atoms with Crippen molar-refractivity contribution in [3.05, 3.63) is 16.3 Å². The Hall–Kier alpha value is -0.870. The smallest absolute Gasteiger partial charge is 0.160 e. The van der Waals surface area contributed by atoms with Crippen LogP contribution in [0.15, 0.2) is 11.4 Å². The summed E-state index contributed by atoms with van der Waals surface area (Å²) in [6, 6.07) is 1.73. The van der Waals surface area contributed by atoms with Gasteiger partial charge in [0.05, 0.1) is 11.5 Å². The fraction of sp³-hybridized carbons (Fsp3) is 0.444. The Morgan fingerprint density at radius 1 is 1.54 bits per heavy atom. The van der Waals surface area contributed by atoms with Crippen molar-refractivity contribution >= 4 is 17.6 Å². The van der Waals surface area contributed by atoms with Crippen molar-refractivity contribution in [1.29, 1.82) is 0 Å². The first kappa shape index (κ1) is 10.2. The van der Waals surface area contributed by atoms with E-state index in [9.17, 15) is 4.79 Å². The number of hydrogen-bond donors (Lipinski definition) is 0. The van der Waals surface area contributed by atoms with Crippen LogP contribution < -0.4 is 4.74 Å². The zero-order valence-electron chi connectivity index (χ0n) is 7.49. The zero-order chi connectivity index (χ0) is 9.52. The average Bonchev–Trinajstić information content (AvgIpc) is 2.60. The Balaban J connectivity index is 2.24. The molecule has 13 heavy (non-hydrogen) atoms. The molecule has 4 heteroatoms. The third kappa shape index (κ3) is 3.57. The van der Waals surface area contributed by atoms with Gasteiger partial charge in [-0.2, -0.15) is 0 Å². The van der Waals surface area contributed by atoms with Crippen molar-refractivity contribution < 1.29 is 14.3 Å². The van der Waals surface area contributed by atoms with Crippen LogP contribution in [-0.4, -0.2) is 26.1 Å². The number of carbonyl (C=O) groups is 1. The lowest BCUT2D eigenvalue weighted by Crippen LogP contribution is -2.05. The first-order valence-electron chi connectivity index (χ1n) is 4.11. The largest absolute Gasteiger partial charge is 0.490 e. The summed E-state index contributed by atoms with van der Waals surface area (Å²) in [7, 11) is 0. The minimum atomic E-state index is 0.531. The summed E-state index contributed by atoms with van der Waals surface area (Å²) < 4.78 is 10.4. The summed E-state index contributed by atoms with van der Waals surface area (Å²) in [6.45, 7) is 3.76. The fourth-order valence-electron chi connectivity index (χ4n) is 0.835. The standard InChI is InChI=1S/C9H12O3S/c1-2-11-3-4-12-8-5-9(6-10)13-7-8/h5-7H,2-4H2,1H3. The maximum atomic E-state index is 10.3. The topological polar surface area (TPSA) is 35.5 Å². The Bertz CT molecular complexity index is 257. The number of thiophene rings is 1. The molecule has 0 saturated heterocycles. The Kier molecular flexibility index (Phi) is 4.49. The van der Waals surface area contributed by atoms with Crippen LogP contribution in [0.5, 0.6) is 5.75 Å². The van der Waals surface area contributed by atoms with Gasteiger partial charge in [-0.1, -0.05) is 0 Å². The van der Waals surface area contributed by atoms with Gasteiger partial charge in [0.1, 0.15) is 12.4 Å². The maximum Gasteiger partial charge on any atom is 0.160 e. The highest BCUT2D eigenvalue weighted by Gasteiger charge is 1.98. The van der Waals surface area contributed by atoms with E-state index in [-0.39, 0.29) is 0 Å². The molecule has 0 N–H and O–H groups in total. The van der Waals surface area contributed by atoms with Crippen molar-refractivity contribution in [1.82, 2.24) is 0 Å². The molecule has 1 aromatic heterocycles. The molecule has 0 aliphatic heterocycles. The van der Waals surface area contributed by atoms with Gasteiger partial charge in [-0.25, -0.2) is 0 Å². The number of carbonyl (C=O) groups excluding carboxylic acids is 1. The van der Waals surface area contributed by atoms with Gasteiger partial charge < -0.3 is 9.47 Å². The van der Waals surface area contributed by atoms with Gasteiger partial charge in [0.25, 0.3) is 0 Å². The molecule has 0 saturated carbocycles. The molecule has 1 rings (SSSR count). The van der Waals surface area contributed by atoms with Crippen molar-refractivity contribution in [3.63, 3.8) is 0 Å². The van der Waals surface area contributed by atoms with E-state index >= 15 is 0 Å². The molecule has 0 amide bonds. The molecule has 72 valence electrons. The zero-order valence-corrected chi connectivity index (χ0v) is 8.30. The van der Waals surface area contributed by atoms with Crippen molar-refractivity contribution in [2.45, 2.75) is 6.92 Å². The normalized spacial score (nSPS) is 9.92. The number of hydrogen-bond acceptors (Lipinski definition) is 4. The predicted octanol–water partition coefficient (Wildman–Crippen LogP) is 1.98. The summed E-state index contributed by atoms with van der Waals surface area (Å²) in [6.07, 6.45) is 0.820. The fourth-order valence-corrected chi connectivity index (χ4v) is 1.46. The lowest BCUT2D eigenvalue weighted by molar-refractivity contribution is 0.110. The molecule has 0 aliphatic rings. The monoisotopic (exact) mass is 200 g/mol. The van der Waals surface area contributed by atoms with E-state index in [1.807, 2.05) is 12.3 Å². The molecule has 0 aliphatic carbocycles. The molecular weight excluding hydrogens is 188 g/mol. The van der Waals surface area contributed by atoms with E-state index in [4.69, 9.17) is 9.47 Å². The molecule has 1 aromatic rings. The van der Waals surface area contributed by atoms with Gasteiger partial charge in [-0.15, -0.1) is 11.3 Å². The Labute approximate surface area is 81.3 Å². The van der Waals surface area contributed by atoms with Crippen LogP contribution in [0.3, 0.4) is 0 Å². The summed E-state index contributed by atoms with van der Waals surface area (Å²) in [5, 5.41) is 1.82. The molecule has 3 nitrogen and oxygen atoms in total. The van der Waals surface area contributed by atoms with Gasteiger partial charge in [-0.3, -0.25) is 4.79 Å². The summed E-state index contributed by atoms with van der Waals surface area (Å²) >= 11 is 1.38. The van der Waals surface area contributed by atoms with Crippen molar-refractivity contribution in [2.24, 2.45) is 0 Å². The van der Waals surface area contributed by atoms with E-state index < -0.39 is 0 Å². The van der Waals surface area contributed by atoms with Gasteiger partial charge in [0.2, 0.25) is 0 Å². The Morgan fingerprint density at radius 3 is 3.00 bits per heavy atom. The summed E-state index contributed by atoms with van der Waals surface area (Å²) in [5.41, 5.74) is 0. The SMILES string of the molecule is CCOCCOc1csc(C=O)c1. The van der Waals surface area contributed by atoms with Crippen LogP contribution >= 0.6 is 11.3 Å². The van der Waals surface area contributed by atoms with Crippen LogP contribution in [0, 0.1) is 0 Å². The summed E-state index contributed by atoms with van der Waals surface area (Å²) in [5.74, 6) is 0.742. The minimum Gasteiger partial charge on any atom is -0.490 e. The van der Waals surface area contributed by atoms with E-state index in [2.05, 4.69) is 0 Å². The maximum absolute atomic E-state index is 10.3. The second-order valence-corrected chi connectivity index (χ2v) is 3.29. The number of ether oxygens (including phenoxy) is 2. The predicted molar refractivity (Wildman–Crippen MR) is 51.7 cm³/mol. The van der Waals surface area contributed by atoms with Crippen LogP contribution in [0.25, 0.3) is 0 Å². The molecule has 0 bridgehead atoms. The van der Waals surface area contributed by atoms with Gasteiger partial charge in [-0.05, 0) is 6.92 Å². The molecular formula is C9H12O3S. The lowest BCUT2D eigenvalue weighted by Gasteiger charge is -2.02. The quantitative estimate of drug-likeness (QED) is 0.520. The third-order valence-electron chi connectivity index (χ3n) is 1.41. The van der Waals surface area contributed by atoms with Crippen LogP contribution in [0.4, 0.5) is 0 Å². The second kappa shape index (κ2) is 5.72. The van der Waals surface area contributed by atoms with Gasteiger partial charge in [0, 0.05) is 18.1 Å². The van der Waals surface area contributed by atoms with Crippen molar-refractivity contribution in [2.75, 3.05) is 19.8 Å². The highest BCUT2D eigenvalue weighted by Crippen LogP contribution is 2.19. The molecule has 1 heterocycles. The Morgan fingerprint density at radius 2 is 2.38 bits per heavy atom. The average molecular weight is 200 g/mol. The second-order valence-electron chi connectivity index (χ2n) is 2.35. The highest BCUT2D eigenvalue weighted by atomic mass is 32.1. The summed E-state index contributed by atoms with van der Waals surface area (Å²) in [4.78, 5) is 11.0. The third-order valence-corrected chi connectivity index (χ3v) is 2.25.